The molecule has 0 aromatic heterocycles. The number of amides is 1. The normalized spacial score (nSPS) is 13.0. The summed E-state index contributed by atoms with van der Waals surface area (Å²) in [6.45, 7) is 2.94. The Morgan fingerprint density at radius 2 is 2.27 bits per heavy atom. The van der Waals surface area contributed by atoms with E-state index < -0.39 is 0 Å². The van der Waals surface area contributed by atoms with Crippen molar-refractivity contribution >= 4 is 30.1 Å². The Bertz CT molecular complexity index is 535. The van der Waals surface area contributed by atoms with E-state index in [1.165, 1.54) is 0 Å². The third-order valence-corrected chi connectivity index (χ3v) is 4.02. The summed E-state index contributed by atoms with van der Waals surface area (Å²) in [7, 11) is 1.60. The van der Waals surface area contributed by atoms with Crippen molar-refractivity contribution in [3.05, 3.63) is 46.0 Å². The van der Waals surface area contributed by atoms with Crippen LogP contribution >= 0.6 is 24.2 Å². The van der Waals surface area contributed by atoms with E-state index in [-0.39, 0.29) is 11.8 Å². The van der Waals surface area contributed by atoms with Crippen molar-refractivity contribution in [2.75, 3.05) is 20.3 Å². The van der Waals surface area contributed by atoms with Gasteiger partial charge in [-0.1, -0.05) is 19.1 Å². The highest BCUT2D eigenvalue weighted by Crippen LogP contribution is 2.20. The maximum absolute atomic E-state index is 12.4. The van der Waals surface area contributed by atoms with E-state index in [2.05, 4.69) is 17.9 Å². The number of ether oxygens (including phenoxy) is 1. The second-order valence-corrected chi connectivity index (χ2v) is 5.63. The second-order valence-electron chi connectivity index (χ2n) is 5.11. The number of carbonyl (C=O) groups is 1. The molecule has 0 bridgehead atoms. The van der Waals surface area contributed by atoms with Gasteiger partial charge in [-0.2, -0.15) is 0 Å². The Morgan fingerprint density at radius 1 is 1.55 bits per heavy atom. The Kier molecular flexibility index (Phi) is 8.38. The van der Waals surface area contributed by atoms with Crippen LogP contribution in [0.5, 0.6) is 0 Å². The fourth-order valence-corrected chi connectivity index (χ4v) is 2.45. The number of methoxy groups -OCH3 is 1. The summed E-state index contributed by atoms with van der Waals surface area (Å²) in [5.41, 5.74) is 9.06. The molecule has 122 valence electrons. The van der Waals surface area contributed by atoms with Gasteiger partial charge in [0.1, 0.15) is 0 Å². The van der Waals surface area contributed by atoms with Gasteiger partial charge in [0.15, 0.2) is 0 Å². The lowest BCUT2D eigenvalue weighted by Gasteiger charge is -2.16. The lowest BCUT2D eigenvalue weighted by Crippen LogP contribution is -2.28. The van der Waals surface area contributed by atoms with Gasteiger partial charge in [-0.25, -0.2) is 0 Å². The van der Waals surface area contributed by atoms with Gasteiger partial charge in [-0.15, -0.1) is 24.2 Å². The highest BCUT2D eigenvalue weighted by molar-refractivity contribution is 7.83. The molecule has 4 nitrogen and oxygen atoms in total. The quantitative estimate of drug-likeness (QED) is 0.386. The highest BCUT2D eigenvalue weighted by Gasteiger charge is 2.15. The predicted octanol–water partition coefficient (Wildman–Crippen LogP) is 2.71. The summed E-state index contributed by atoms with van der Waals surface area (Å²) in [5, 5.41) is 4.43. The third kappa shape index (κ3) is 5.55. The molecule has 0 spiro atoms. The molecule has 1 unspecified atom stereocenters. The van der Waals surface area contributed by atoms with E-state index in [9.17, 15) is 4.79 Å². The smallest absolute Gasteiger partial charge is 0.251 e. The second kappa shape index (κ2) is 9.77. The van der Waals surface area contributed by atoms with Crippen LogP contribution in [0.3, 0.4) is 0 Å². The molecule has 0 fully saturated rings. The zero-order valence-electron chi connectivity index (χ0n) is 12.9. The summed E-state index contributed by atoms with van der Waals surface area (Å²) in [6.07, 6.45) is 0.665. The van der Waals surface area contributed by atoms with Gasteiger partial charge in [0.2, 0.25) is 0 Å². The van der Waals surface area contributed by atoms with Crippen LogP contribution < -0.4 is 11.1 Å². The predicted molar refractivity (Wildman–Crippen MR) is 94.3 cm³/mol. The number of nitrogens with two attached hydrogens (primary N) is 1. The maximum atomic E-state index is 12.4. The number of thiol groups is 1. The number of hydrogen-bond donors (Lipinski definition) is 3. The largest absolute Gasteiger partial charge is 0.401 e. The van der Waals surface area contributed by atoms with E-state index >= 15 is 0 Å². The number of benzene rings is 1. The standard InChI is InChI=1S/C16H23ClN2O2S/c1-11(15(18)10-22)7-13-4-3-12(9-17)8-14(13)16(20)19-5-6-21-2/h3-4,8,10-11,22H,5-7,9,18H2,1-2H3,(H,19,20)/b15-10-. The van der Waals surface area contributed by atoms with E-state index in [4.69, 9.17) is 22.1 Å². The van der Waals surface area contributed by atoms with Crippen molar-refractivity contribution in [3.63, 3.8) is 0 Å². The van der Waals surface area contributed by atoms with E-state index in [0.29, 0.717) is 36.7 Å². The van der Waals surface area contributed by atoms with Crippen molar-refractivity contribution in [1.82, 2.24) is 5.32 Å². The maximum Gasteiger partial charge on any atom is 0.251 e. The van der Waals surface area contributed by atoms with Gasteiger partial charge < -0.3 is 15.8 Å². The minimum atomic E-state index is -0.125. The molecule has 0 saturated carbocycles. The minimum Gasteiger partial charge on any atom is -0.401 e. The van der Waals surface area contributed by atoms with Crippen LogP contribution in [-0.4, -0.2) is 26.2 Å². The lowest BCUT2D eigenvalue weighted by molar-refractivity contribution is 0.0936. The first-order chi connectivity index (χ1) is 10.5. The molecule has 0 aliphatic carbocycles. The molecule has 22 heavy (non-hydrogen) atoms. The van der Waals surface area contributed by atoms with E-state index in [0.717, 1.165) is 11.1 Å². The van der Waals surface area contributed by atoms with Crippen molar-refractivity contribution in [2.24, 2.45) is 11.7 Å². The lowest BCUT2D eigenvalue weighted by atomic mass is 9.93. The molecule has 1 amide bonds. The summed E-state index contributed by atoms with van der Waals surface area (Å²) in [4.78, 5) is 12.4. The molecule has 0 aliphatic rings. The highest BCUT2D eigenvalue weighted by atomic mass is 35.5. The number of halogens is 1. The Hall–Kier alpha value is -1.17. The van der Waals surface area contributed by atoms with Gasteiger partial charge >= 0.3 is 0 Å². The van der Waals surface area contributed by atoms with Crippen molar-refractivity contribution in [2.45, 2.75) is 19.2 Å². The molecule has 1 aromatic carbocycles. The zero-order valence-corrected chi connectivity index (χ0v) is 14.6. The van der Waals surface area contributed by atoms with Crippen LogP contribution in [0.25, 0.3) is 0 Å². The summed E-state index contributed by atoms with van der Waals surface area (Å²) in [5.74, 6) is 0.344. The first-order valence-electron chi connectivity index (χ1n) is 7.08. The van der Waals surface area contributed by atoms with Crippen molar-refractivity contribution < 1.29 is 9.53 Å². The number of allylic oxidation sites excluding steroid dienone is 1. The number of nitrogens with one attached hydrogen (secondary N) is 1. The van der Waals surface area contributed by atoms with Gasteiger partial charge in [-0.05, 0) is 29.0 Å². The Morgan fingerprint density at radius 3 is 2.86 bits per heavy atom. The van der Waals surface area contributed by atoms with Gasteiger partial charge in [0, 0.05) is 36.7 Å². The molecule has 1 rings (SSSR count). The monoisotopic (exact) mass is 342 g/mol. The van der Waals surface area contributed by atoms with Crippen LogP contribution in [0, 0.1) is 5.92 Å². The van der Waals surface area contributed by atoms with Gasteiger partial charge in [-0.3, -0.25) is 4.79 Å². The van der Waals surface area contributed by atoms with E-state index in [1.807, 2.05) is 25.1 Å². The van der Waals surface area contributed by atoms with Crippen molar-refractivity contribution in [3.8, 4) is 0 Å². The molecule has 1 atom stereocenters. The Balaban J connectivity index is 2.98. The molecule has 1 aromatic rings. The van der Waals surface area contributed by atoms with Crippen LogP contribution in [0.1, 0.15) is 28.4 Å². The fraction of sp³-hybridized carbons (Fsp3) is 0.438. The zero-order chi connectivity index (χ0) is 16.5. The molecule has 0 radical (unpaired) electrons. The van der Waals surface area contributed by atoms with Gasteiger partial charge in [0.25, 0.3) is 5.91 Å². The van der Waals surface area contributed by atoms with Crippen LogP contribution in [0.15, 0.2) is 29.3 Å². The summed E-state index contributed by atoms with van der Waals surface area (Å²) in [6, 6.07) is 5.70. The number of carbonyl (C=O) groups excluding carboxylic acids is 1. The van der Waals surface area contributed by atoms with Crippen LogP contribution in [-0.2, 0) is 17.0 Å². The van der Waals surface area contributed by atoms with E-state index in [1.54, 1.807) is 12.5 Å². The summed E-state index contributed by atoms with van der Waals surface area (Å²) >= 11 is 9.95. The molecule has 0 heterocycles. The number of rotatable bonds is 8. The molecule has 3 N–H and O–H groups in total. The number of hydrogen-bond acceptors (Lipinski definition) is 4. The average Bonchev–Trinajstić information content (AvgIpc) is 2.54. The topological polar surface area (TPSA) is 64.3 Å². The molecule has 0 aliphatic heterocycles. The van der Waals surface area contributed by atoms with Crippen LogP contribution in [0.2, 0.25) is 0 Å². The van der Waals surface area contributed by atoms with Crippen molar-refractivity contribution in [1.29, 1.82) is 0 Å². The molecular weight excluding hydrogens is 320 g/mol. The average molecular weight is 343 g/mol. The minimum absolute atomic E-state index is 0.102. The van der Waals surface area contributed by atoms with Crippen LogP contribution in [0.4, 0.5) is 0 Å². The Labute approximate surface area is 142 Å². The molecular formula is C16H23ClN2O2S. The first-order valence-corrected chi connectivity index (χ1v) is 8.13. The first kappa shape index (κ1) is 18.9. The SMILES string of the molecule is COCCNC(=O)c1cc(CCl)ccc1CC(C)/C(N)=C/S. The number of alkyl halides is 1. The fourth-order valence-electron chi connectivity index (χ4n) is 2.03. The third-order valence-electron chi connectivity index (χ3n) is 3.41. The molecule has 0 saturated heterocycles. The molecule has 6 heteroatoms. The summed E-state index contributed by atoms with van der Waals surface area (Å²) < 4.78 is 4.95. The van der Waals surface area contributed by atoms with Gasteiger partial charge in [0.05, 0.1) is 6.61 Å².